The molecule has 3 aromatic rings. The predicted molar refractivity (Wildman–Crippen MR) is 104 cm³/mol. The average Bonchev–Trinajstić information content (AvgIpc) is 2.69. The van der Waals surface area contributed by atoms with E-state index in [1.165, 1.54) is 25.3 Å². The highest BCUT2D eigenvalue weighted by atomic mass is 32.2. The topological polar surface area (TPSA) is 81.7 Å². The van der Waals surface area contributed by atoms with E-state index < -0.39 is 16.0 Å². The summed E-state index contributed by atoms with van der Waals surface area (Å²) in [6.07, 6.45) is 1.06. The van der Waals surface area contributed by atoms with Crippen molar-refractivity contribution in [2.24, 2.45) is 0 Å². The highest BCUT2D eigenvalue weighted by Gasteiger charge is 2.17. The number of hydrogen-bond donors (Lipinski definition) is 1. The Kier molecular flexibility index (Phi) is 5.14. The number of benzene rings is 3. The quantitative estimate of drug-likeness (QED) is 0.398. The molecule has 0 spiro atoms. The molecule has 0 radical (unpaired) electrons. The molecule has 0 unspecified atom stereocenters. The van der Waals surface area contributed by atoms with Crippen LogP contribution in [0.5, 0.6) is 11.5 Å². The van der Waals surface area contributed by atoms with Crippen molar-refractivity contribution in [3.05, 3.63) is 73.3 Å². The normalized spacial score (nSPS) is 11.0. The first kappa shape index (κ1) is 18.5. The highest BCUT2D eigenvalue weighted by molar-refractivity contribution is 7.92. The van der Waals surface area contributed by atoms with Crippen molar-refractivity contribution in [3.8, 4) is 11.5 Å². The molecule has 0 amide bonds. The molecule has 0 aliphatic heterocycles. The first-order valence-corrected chi connectivity index (χ1v) is 9.46. The average molecular weight is 383 g/mol. The Morgan fingerprint density at radius 1 is 1.00 bits per heavy atom. The van der Waals surface area contributed by atoms with Gasteiger partial charge in [-0.05, 0) is 36.4 Å². The van der Waals surface area contributed by atoms with Gasteiger partial charge in [-0.25, -0.2) is 13.2 Å². The Morgan fingerprint density at radius 3 is 2.30 bits per heavy atom. The van der Waals surface area contributed by atoms with Gasteiger partial charge in [0.25, 0.3) is 10.0 Å². The third-order valence-corrected chi connectivity index (χ3v) is 5.26. The number of rotatable bonds is 6. The molecule has 0 saturated carbocycles. The standard InChI is InChI=1S/C20H17NO5S/c1-3-20(22)26-19-13-12-18(16-6-4-5-7-17(16)19)21-27(23,24)15-10-8-14(25-2)9-11-15/h3-13,21H,1H2,2H3. The Bertz CT molecular complexity index is 1100. The molecule has 3 rings (SSSR count). The van der Waals surface area contributed by atoms with Gasteiger partial charge in [0.15, 0.2) is 0 Å². The van der Waals surface area contributed by atoms with Crippen LogP contribution in [-0.2, 0) is 14.8 Å². The van der Waals surface area contributed by atoms with E-state index >= 15 is 0 Å². The number of carbonyl (C=O) groups is 1. The van der Waals surface area contributed by atoms with Crippen molar-refractivity contribution < 1.29 is 22.7 Å². The minimum Gasteiger partial charge on any atom is -0.497 e. The molecule has 27 heavy (non-hydrogen) atoms. The van der Waals surface area contributed by atoms with Crippen molar-refractivity contribution in [1.82, 2.24) is 0 Å². The SMILES string of the molecule is C=CC(=O)Oc1ccc(NS(=O)(=O)c2ccc(OC)cc2)c2ccccc12. The zero-order valence-corrected chi connectivity index (χ0v) is 15.3. The highest BCUT2D eigenvalue weighted by Crippen LogP contribution is 2.33. The van der Waals surface area contributed by atoms with E-state index in [2.05, 4.69) is 11.3 Å². The smallest absolute Gasteiger partial charge is 0.335 e. The van der Waals surface area contributed by atoms with Crippen molar-refractivity contribution in [1.29, 1.82) is 0 Å². The second-order valence-electron chi connectivity index (χ2n) is 5.56. The van der Waals surface area contributed by atoms with Gasteiger partial charge in [-0.1, -0.05) is 30.8 Å². The van der Waals surface area contributed by atoms with E-state index in [0.717, 1.165) is 6.08 Å². The molecule has 0 aliphatic rings. The predicted octanol–water partition coefficient (Wildman–Crippen LogP) is 3.74. The number of nitrogens with one attached hydrogen (secondary N) is 1. The van der Waals surface area contributed by atoms with Gasteiger partial charge in [0.1, 0.15) is 11.5 Å². The number of esters is 1. The Morgan fingerprint density at radius 2 is 1.67 bits per heavy atom. The van der Waals surface area contributed by atoms with Crippen molar-refractivity contribution in [3.63, 3.8) is 0 Å². The van der Waals surface area contributed by atoms with Crippen LogP contribution < -0.4 is 14.2 Å². The number of sulfonamides is 1. The molecule has 3 aromatic carbocycles. The number of anilines is 1. The summed E-state index contributed by atoms with van der Waals surface area (Å²) in [6, 6.07) is 16.2. The Labute approximate surface area is 157 Å². The molecule has 6 nitrogen and oxygen atoms in total. The molecule has 1 N–H and O–H groups in total. The second-order valence-corrected chi connectivity index (χ2v) is 7.25. The molecule has 0 aromatic heterocycles. The summed E-state index contributed by atoms with van der Waals surface area (Å²) < 4.78 is 38.3. The fraction of sp³-hybridized carbons (Fsp3) is 0.0500. The van der Waals surface area contributed by atoms with E-state index in [4.69, 9.17) is 9.47 Å². The van der Waals surface area contributed by atoms with Crippen LogP contribution in [0.15, 0.2) is 78.2 Å². The summed E-state index contributed by atoms with van der Waals surface area (Å²) in [5.74, 6) is 0.294. The summed E-state index contributed by atoms with van der Waals surface area (Å²) in [6.45, 7) is 3.37. The van der Waals surface area contributed by atoms with E-state index in [1.54, 1.807) is 42.5 Å². The number of ether oxygens (including phenoxy) is 2. The van der Waals surface area contributed by atoms with Gasteiger partial charge in [0.05, 0.1) is 17.7 Å². The lowest BCUT2D eigenvalue weighted by Gasteiger charge is -2.13. The van der Waals surface area contributed by atoms with Gasteiger partial charge in [-0.2, -0.15) is 0 Å². The van der Waals surface area contributed by atoms with E-state index in [-0.39, 0.29) is 4.90 Å². The molecule has 0 aliphatic carbocycles. The summed E-state index contributed by atoms with van der Waals surface area (Å²) in [7, 11) is -2.29. The molecule has 7 heteroatoms. The maximum atomic E-state index is 12.7. The van der Waals surface area contributed by atoms with Crippen molar-refractivity contribution in [2.75, 3.05) is 11.8 Å². The zero-order chi connectivity index (χ0) is 19.4. The van der Waals surface area contributed by atoms with Crippen LogP contribution in [0, 0.1) is 0 Å². The van der Waals surface area contributed by atoms with E-state index in [9.17, 15) is 13.2 Å². The van der Waals surface area contributed by atoms with Gasteiger partial charge < -0.3 is 9.47 Å². The molecular weight excluding hydrogens is 366 g/mol. The lowest BCUT2D eigenvalue weighted by Crippen LogP contribution is -2.13. The number of carbonyl (C=O) groups excluding carboxylic acids is 1. The van der Waals surface area contributed by atoms with E-state index in [0.29, 0.717) is 28.0 Å². The Hall–Kier alpha value is -3.32. The van der Waals surface area contributed by atoms with Gasteiger partial charge in [0, 0.05) is 16.8 Å². The lowest BCUT2D eigenvalue weighted by atomic mass is 10.1. The maximum Gasteiger partial charge on any atom is 0.335 e. The lowest BCUT2D eigenvalue weighted by molar-refractivity contribution is -0.128. The van der Waals surface area contributed by atoms with Gasteiger partial charge in [-0.15, -0.1) is 0 Å². The summed E-state index contributed by atoms with van der Waals surface area (Å²) in [5.41, 5.74) is 0.375. The monoisotopic (exact) mass is 383 g/mol. The van der Waals surface area contributed by atoms with Crippen molar-refractivity contribution in [2.45, 2.75) is 4.90 Å². The largest absolute Gasteiger partial charge is 0.497 e. The number of methoxy groups -OCH3 is 1. The summed E-state index contributed by atoms with van der Waals surface area (Å²) in [5, 5.41) is 1.20. The zero-order valence-electron chi connectivity index (χ0n) is 14.5. The van der Waals surface area contributed by atoms with Crippen LogP contribution in [0.3, 0.4) is 0 Å². The molecule has 138 valence electrons. The molecule has 0 fully saturated rings. The molecule has 0 atom stereocenters. The van der Waals surface area contributed by atoms with Crippen LogP contribution in [0.2, 0.25) is 0 Å². The van der Waals surface area contributed by atoms with Gasteiger partial charge >= 0.3 is 5.97 Å². The van der Waals surface area contributed by atoms with Crippen LogP contribution >= 0.6 is 0 Å². The van der Waals surface area contributed by atoms with Crippen molar-refractivity contribution >= 4 is 32.5 Å². The minimum atomic E-state index is -3.80. The maximum absolute atomic E-state index is 12.7. The van der Waals surface area contributed by atoms with E-state index in [1.807, 2.05) is 0 Å². The molecular formula is C20H17NO5S. The van der Waals surface area contributed by atoms with Crippen LogP contribution in [0.4, 0.5) is 5.69 Å². The fourth-order valence-corrected chi connectivity index (χ4v) is 3.64. The van der Waals surface area contributed by atoms with Crippen LogP contribution in [-0.4, -0.2) is 21.5 Å². The third-order valence-electron chi connectivity index (χ3n) is 3.88. The second kappa shape index (κ2) is 7.51. The molecule has 0 heterocycles. The minimum absolute atomic E-state index is 0.106. The van der Waals surface area contributed by atoms with Crippen LogP contribution in [0.1, 0.15) is 0 Å². The first-order chi connectivity index (χ1) is 12.9. The van der Waals surface area contributed by atoms with Crippen LogP contribution in [0.25, 0.3) is 10.8 Å². The van der Waals surface area contributed by atoms with Gasteiger partial charge in [-0.3, -0.25) is 4.72 Å². The number of hydrogen-bond acceptors (Lipinski definition) is 5. The molecule has 0 saturated heterocycles. The Balaban J connectivity index is 2.00. The van der Waals surface area contributed by atoms with Gasteiger partial charge in [0.2, 0.25) is 0 Å². The third kappa shape index (κ3) is 3.93. The molecule has 0 bridgehead atoms. The first-order valence-electron chi connectivity index (χ1n) is 7.97. The summed E-state index contributed by atoms with van der Waals surface area (Å²) >= 11 is 0. The summed E-state index contributed by atoms with van der Waals surface area (Å²) in [4.78, 5) is 11.6. The fourth-order valence-electron chi connectivity index (χ4n) is 2.56. The number of fused-ring (bicyclic) bond motifs is 1.